The molecule has 0 bridgehead atoms. The van der Waals surface area contributed by atoms with Crippen molar-refractivity contribution in [3.63, 3.8) is 0 Å². The molecule has 4 aromatic rings. The van der Waals surface area contributed by atoms with Gasteiger partial charge in [0.25, 0.3) is 5.91 Å². The largest absolute Gasteiger partial charge is 0.496 e. The van der Waals surface area contributed by atoms with Gasteiger partial charge in [-0.2, -0.15) is 5.26 Å². The lowest BCUT2D eigenvalue weighted by atomic mass is 9.90. The van der Waals surface area contributed by atoms with E-state index in [0.717, 1.165) is 23.1 Å². The van der Waals surface area contributed by atoms with Crippen LogP contribution in [0.15, 0.2) is 59.1 Å². The van der Waals surface area contributed by atoms with Crippen molar-refractivity contribution in [3.8, 4) is 34.3 Å². The molecule has 36 heavy (non-hydrogen) atoms. The van der Waals surface area contributed by atoms with Crippen LogP contribution in [0.3, 0.4) is 0 Å². The normalized spacial score (nSPS) is 17.2. The van der Waals surface area contributed by atoms with Crippen LogP contribution in [-0.2, 0) is 0 Å². The number of halogens is 1. The van der Waals surface area contributed by atoms with E-state index < -0.39 is 6.17 Å². The highest BCUT2D eigenvalue weighted by Crippen LogP contribution is 2.41. The molecule has 2 aromatic carbocycles. The molecular weight excluding hydrogens is 457 g/mol. The third-order valence-corrected chi connectivity index (χ3v) is 6.83. The van der Waals surface area contributed by atoms with E-state index in [1.54, 1.807) is 45.6 Å². The molecule has 1 aliphatic carbocycles. The van der Waals surface area contributed by atoms with Crippen LogP contribution in [0, 0.1) is 11.3 Å². The van der Waals surface area contributed by atoms with Gasteiger partial charge in [-0.25, -0.2) is 4.39 Å². The summed E-state index contributed by atoms with van der Waals surface area (Å²) in [6.45, 7) is 0. The third kappa shape index (κ3) is 4.20. The van der Waals surface area contributed by atoms with Gasteiger partial charge < -0.3 is 14.1 Å². The zero-order valence-electron chi connectivity index (χ0n) is 20.4. The number of rotatable bonds is 5. The van der Waals surface area contributed by atoms with Crippen molar-refractivity contribution in [1.29, 1.82) is 5.26 Å². The number of pyridine rings is 1. The number of methoxy groups -OCH3 is 1. The number of carbonyl (C=O) groups excluding carboxylic acids is 1. The number of alkyl halides is 1. The van der Waals surface area contributed by atoms with Crippen LogP contribution >= 0.6 is 0 Å². The van der Waals surface area contributed by atoms with E-state index >= 15 is 0 Å². The average Bonchev–Trinajstić information content (AvgIpc) is 3.53. The van der Waals surface area contributed by atoms with Gasteiger partial charge in [0, 0.05) is 37.5 Å². The van der Waals surface area contributed by atoms with E-state index in [9.17, 15) is 14.4 Å². The Labute approximate surface area is 208 Å². The highest BCUT2D eigenvalue weighted by Gasteiger charge is 2.27. The molecule has 1 fully saturated rings. The molecule has 0 saturated heterocycles. The Bertz CT molecular complexity index is 1500. The maximum absolute atomic E-state index is 13.8. The summed E-state index contributed by atoms with van der Waals surface area (Å²) in [5, 5.41) is 9.82. The third-order valence-electron chi connectivity index (χ3n) is 6.83. The number of benzene rings is 2. The summed E-state index contributed by atoms with van der Waals surface area (Å²) < 4.78 is 25.6. The van der Waals surface area contributed by atoms with Crippen molar-refractivity contribution >= 4 is 17.0 Å². The Balaban J connectivity index is 1.56. The molecule has 1 saturated carbocycles. The molecule has 0 aliphatic heterocycles. The predicted octanol–water partition coefficient (Wildman–Crippen LogP) is 6.35. The van der Waals surface area contributed by atoms with Crippen LogP contribution in [0.25, 0.3) is 33.6 Å². The van der Waals surface area contributed by atoms with Crippen molar-refractivity contribution in [1.82, 2.24) is 9.88 Å². The maximum atomic E-state index is 13.8. The fourth-order valence-electron chi connectivity index (χ4n) is 4.97. The summed E-state index contributed by atoms with van der Waals surface area (Å²) in [4.78, 5) is 18.4. The number of hydrogen-bond donors (Lipinski definition) is 0. The first-order chi connectivity index (χ1) is 17.4. The second kappa shape index (κ2) is 9.46. The van der Waals surface area contributed by atoms with E-state index in [4.69, 9.17) is 9.15 Å². The zero-order valence-corrected chi connectivity index (χ0v) is 20.4. The zero-order chi connectivity index (χ0) is 25.4. The number of furan rings is 1. The van der Waals surface area contributed by atoms with E-state index in [-0.39, 0.29) is 11.8 Å². The number of aromatic nitrogens is 1. The minimum absolute atomic E-state index is 0.0752. The van der Waals surface area contributed by atoms with Gasteiger partial charge in [0.2, 0.25) is 0 Å². The molecule has 6 nitrogen and oxygen atoms in total. The van der Waals surface area contributed by atoms with Gasteiger partial charge in [0.1, 0.15) is 23.2 Å². The van der Waals surface area contributed by atoms with Gasteiger partial charge >= 0.3 is 0 Å². The lowest BCUT2D eigenvalue weighted by Crippen LogP contribution is -2.21. The van der Waals surface area contributed by atoms with E-state index in [1.807, 2.05) is 30.3 Å². The Morgan fingerprint density at radius 3 is 2.67 bits per heavy atom. The quantitative estimate of drug-likeness (QED) is 0.330. The Hall–Kier alpha value is -4.18. The summed E-state index contributed by atoms with van der Waals surface area (Å²) in [7, 11) is 4.95. The SMILES string of the molecule is COc1cc(C(=O)N(C)C)ccc1-c1cc2nccc(-c3ccc(C4CC[C@@H](F)C4)c(C#N)c3)c2o1. The fraction of sp³-hybridized carbons (Fsp3) is 0.276. The van der Waals surface area contributed by atoms with E-state index in [0.29, 0.717) is 52.1 Å². The molecule has 0 spiro atoms. The summed E-state index contributed by atoms with van der Waals surface area (Å²) >= 11 is 0. The minimum atomic E-state index is -0.797. The molecule has 5 rings (SSSR count). The van der Waals surface area contributed by atoms with Gasteiger partial charge in [-0.3, -0.25) is 9.78 Å². The molecule has 182 valence electrons. The van der Waals surface area contributed by atoms with Crippen molar-refractivity contribution in [3.05, 3.63) is 71.4 Å². The fourth-order valence-corrected chi connectivity index (χ4v) is 4.97. The smallest absolute Gasteiger partial charge is 0.253 e. The number of fused-ring (bicyclic) bond motifs is 1. The Morgan fingerprint density at radius 1 is 1.14 bits per heavy atom. The second-order valence-corrected chi connectivity index (χ2v) is 9.32. The molecule has 7 heteroatoms. The first-order valence-electron chi connectivity index (χ1n) is 11.9. The first-order valence-corrected chi connectivity index (χ1v) is 11.9. The standard InChI is InChI=1S/C29H26FN3O3/c1-33(2)29(34)19-6-9-24(26(14-19)35-3)27-15-25-28(36-27)23(10-11-32-25)17-5-8-22(20(12-17)16-31)18-4-7-21(30)13-18/h5-6,8-12,14-15,18,21H,4,7,13H2,1-3H3/t18?,21-/m1/s1. The number of ether oxygens (including phenoxy) is 1. The Kier molecular flexibility index (Phi) is 6.19. The molecule has 0 N–H and O–H groups in total. The highest BCUT2D eigenvalue weighted by atomic mass is 19.1. The van der Waals surface area contributed by atoms with Crippen LogP contribution in [-0.4, -0.2) is 43.2 Å². The van der Waals surface area contributed by atoms with Crippen molar-refractivity contribution in [2.24, 2.45) is 0 Å². The maximum Gasteiger partial charge on any atom is 0.253 e. The van der Waals surface area contributed by atoms with Crippen molar-refractivity contribution < 1.29 is 18.3 Å². The summed E-state index contributed by atoms with van der Waals surface area (Å²) in [6.07, 6.45) is 2.69. The molecule has 2 atom stereocenters. The van der Waals surface area contributed by atoms with Crippen LogP contribution in [0.5, 0.6) is 5.75 Å². The predicted molar refractivity (Wildman–Crippen MR) is 136 cm³/mol. The van der Waals surface area contributed by atoms with Gasteiger partial charge in [0.05, 0.1) is 24.3 Å². The molecule has 1 aliphatic rings. The van der Waals surface area contributed by atoms with Crippen LogP contribution in [0.2, 0.25) is 0 Å². The number of hydrogen-bond acceptors (Lipinski definition) is 5. The van der Waals surface area contributed by atoms with E-state index in [2.05, 4.69) is 11.1 Å². The lowest BCUT2D eigenvalue weighted by molar-refractivity contribution is 0.0827. The number of carbonyl (C=O) groups is 1. The average molecular weight is 484 g/mol. The minimum Gasteiger partial charge on any atom is -0.496 e. The lowest BCUT2D eigenvalue weighted by Gasteiger charge is -2.13. The highest BCUT2D eigenvalue weighted by molar-refractivity contribution is 5.96. The number of nitrogens with zero attached hydrogens (tertiary/aromatic N) is 3. The molecule has 2 heterocycles. The van der Waals surface area contributed by atoms with E-state index in [1.165, 1.54) is 4.90 Å². The number of nitriles is 1. The molecule has 1 unspecified atom stereocenters. The Morgan fingerprint density at radius 2 is 1.97 bits per heavy atom. The van der Waals surface area contributed by atoms with Crippen LogP contribution in [0.4, 0.5) is 4.39 Å². The molecule has 1 amide bonds. The van der Waals surface area contributed by atoms with Crippen LogP contribution < -0.4 is 4.74 Å². The molecule has 0 radical (unpaired) electrons. The van der Waals surface area contributed by atoms with Crippen LogP contribution in [0.1, 0.15) is 46.7 Å². The van der Waals surface area contributed by atoms with Crippen molar-refractivity contribution in [2.75, 3.05) is 21.2 Å². The van der Waals surface area contributed by atoms with Crippen molar-refractivity contribution in [2.45, 2.75) is 31.4 Å². The second-order valence-electron chi connectivity index (χ2n) is 9.32. The number of amides is 1. The van der Waals surface area contributed by atoms with Gasteiger partial charge in [-0.1, -0.05) is 12.1 Å². The van der Waals surface area contributed by atoms with Gasteiger partial charge in [-0.15, -0.1) is 0 Å². The topological polar surface area (TPSA) is 79.4 Å². The summed E-state index contributed by atoms with van der Waals surface area (Å²) in [5.74, 6) is 1.03. The first kappa shape index (κ1) is 23.6. The summed E-state index contributed by atoms with van der Waals surface area (Å²) in [6, 6.07) is 17.0. The molecule has 2 aromatic heterocycles. The monoisotopic (exact) mass is 483 g/mol. The summed E-state index contributed by atoms with van der Waals surface area (Å²) in [5.41, 5.74) is 5.57. The van der Waals surface area contributed by atoms with Gasteiger partial charge in [0.15, 0.2) is 5.58 Å². The van der Waals surface area contributed by atoms with Gasteiger partial charge in [-0.05, 0) is 66.6 Å². The molecular formula is C29H26FN3O3.